The summed E-state index contributed by atoms with van der Waals surface area (Å²) in [4.78, 5) is 14.7. The molecule has 1 atom stereocenters. The van der Waals surface area contributed by atoms with Crippen molar-refractivity contribution in [2.45, 2.75) is 52.1 Å². The van der Waals surface area contributed by atoms with Crippen molar-refractivity contribution in [3.05, 3.63) is 11.9 Å². The van der Waals surface area contributed by atoms with Crippen LogP contribution in [-0.2, 0) is 0 Å². The molecule has 0 aromatic carbocycles. The molecule has 1 aliphatic heterocycles. The molecule has 7 nitrogen and oxygen atoms in total. The van der Waals surface area contributed by atoms with E-state index in [0.29, 0.717) is 11.7 Å². The Hall–Kier alpha value is -0.890. The van der Waals surface area contributed by atoms with Crippen LogP contribution in [0.15, 0.2) is 6.20 Å². The van der Waals surface area contributed by atoms with E-state index >= 15 is 0 Å². The normalized spacial score (nSPS) is 16.5. The number of nitrogens with zero attached hydrogens (tertiary/aromatic N) is 4. The average Bonchev–Trinajstić information content (AvgIpc) is 3.00. The molecule has 0 aliphatic carbocycles. The van der Waals surface area contributed by atoms with Gasteiger partial charge in [-0.1, -0.05) is 26.0 Å². The Morgan fingerprint density at radius 2 is 1.96 bits per heavy atom. The number of hydrogen-bond acceptors (Lipinski definition) is 5. The molecular weight excluding hydrogens is 375 g/mol. The van der Waals surface area contributed by atoms with Gasteiger partial charge in [0, 0.05) is 6.04 Å². The zero-order valence-electron chi connectivity index (χ0n) is 16.5. The minimum absolute atomic E-state index is 0. The molecule has 0 saturated carbocycles. The minimum atomic E-state index is -0.131. The summed E-state index contributed by atoms with van der Waals surface area (Å²) in [5.74, 6) is -0.131. The van der Waals surface area contributed by atoms with Crippen LogP contribution in [0.3, 0.4) is 0 Å². The Morgan fingerprint density at radius 3 is 2.50 bits per heavy atom. The fraction of sp³-hybridized carbons (Fsp3) is 0.824. The summed E-state index contributed by atoms with van der Waals surface area (Å²) in [6, 6.07) is 0.434. The smallest absolute Gasteiger partial charge is 0.273 e. The lowest BCUT2D eigenvalue weighted by atomic mass is 9.84. The molecule has 2 rings (SSSR count). The molecule has 1 amide bonds. The van der Waals surface area contributed by atoms with Gasteiger partial charge >= 0.3 is 0 Å². The summed E-state index contributed by atoms with van der Waals surface area (Å²) in [6.45, 7) is 9.37. The Balaban J connectivity index is 0.00000312. The Bertz CT molecular complexity index is 538. The number of piperidine rings is 1. The van der Waals surface area contributed by atoms with Gasteiger partial charge in [0.15, 0.2) is 5.69 Å². The molecule has 1 aliphatic rings. The fourth-order valence-electron chi connectivity index (χ4n) is 2.97. The van der Waals surface area contributed by atoms with Crippen LogP contribution in [0.4, 0.5) is 0 Å². The summed E-state index contributed by atoms with van der Waals surface area (Å²) < 4.78 is 1.85. The van der Waals surface area contributed by atoms with Crippen molar-refractivity contribution in [3.63, 3.8) is 0 Å². The maximum atomic E-state index is 12.6. The van der Waals surface area contributed by atoms with Crippen LogP contribution in [-0.4, -0.2) is 65.6 Å². The van der Waals surface area contributed by atoms with Crippen molar-refractivity contribution in [3.8, 4) is 0 Å². The van der Waals surface area contributed by atoms with Gasteiger partial charge in [-0.25, -0.2) is 4.68 Å². The van der Waals surface area contributed by atoms with E-state index in [2.05, 4.69) is 46.6 Å². The number of amides is 1. The van der Waals surface area contributed by atoms with E-state index in [0.717, 1.165) is 38.9 Å². The van der Waals surface area contributed by atoms with Crippen molar-refractivity contribution in [1.29, 1.82) is 0 Å². The van der Waals surface area contributed by atoms with Gasteiger partial charge in [0.05, 0.1) is 12.2 Å². The van der Waals surface area contributed by atoms with Gasteiger partial charge in [-0.05, 0) is 58.4 Å². The fourth-order valence-corrected chi connectivity index (χ4v) is 2.97. The first-order valence-electron chi connectivity index (χ1n) is 8.85. The second-order valence-electron chi connectivity index (χ2n) is 8.05. The second kappa shape index (κ2) is 11.1. The summed E-state index contributed by atoms with van der Waals surface area (Å²) in [5, 5.41) is 14.8. The molecule has 2 heterocycles. The van der Waals surface area contributed by atoms with E-state index in [-0.39, 0.29) is 42.2 Å². The van der Waals surface area contributed by atoms with Crippen LogP contribution < -0.4 is 10.6 Å². The number of rotatable bonds is 6. The van der Waals surface area contributed by atoms with E-state index in [9.17, 15) is 4.79 Å². The van der Waals surface area contributed by atoms with Crippen LogP contribution in [0.5, 0.6) is 0 Å². The Labute approximate surface area is 169 Å². The number of hydrogen-bond donors (Lipinski definition) is 2. The van der Waals surface area contributed by atoms with Gasteiger partial charge in [-0.3, -0.25) is 4.79 Å². The van der Waals surface area contributed by atoms with E-state index in [4.69, 9.17) is 0 Å². The Morgan fingerprint density at radius 1 is 1.35 bits per heavy atom. The predicted octanol–water partition coefficient (Wildman–Crippen LogP) is 2.14. The molecule has 0 spiro atoms. The highest BCUT2D eigenvalue weighted by atomic mass is 35.5. The maximum Gasteiger partial charge on any atom is 0.273 e. The largest absolute Gasteiger partial charge is 0.347 e. The minimum Gasteiger partial charge on any atom is -0.347 e. The second-order valence-corrected chi connectivity index (χ2v) is 8.05. The van der Waals surface area contributed by atoms with E-state index in [1.807, 2.05) is 18.8 Å². The number of nitrogens with one attached hydrogen (secondary N) is 2. The van der Waals surface area contributed by atoms with Crippen molar-refractivity contribution < 1.29 is 4.79 Å². The standard InChI is InChI=1S/C17H32N6O.2ClH/c1-17(2,3)15(8-11-22(4)5)19-16(24)14-12-23(21-20-14)13-6-9-18-10-7-13;;/h12-13,15,18H,6-11H2,1-5H3,(H,19,24);2*1H. The van der Waals surface area contributed by atoms with Gasteiger partial charge in [-0.15, -0.1) is 29.9 Å². The summed E-state index contributed by atoms with van der Waals surface area (Å²) >= 11 is 0. The third-order valence-corrected chi connectivity index (χ3v) is 4.64. The molecule has 0 radical (unpaired) electrons. The van der Waals surface area contributed by atoms with Gasteiger partial charge in [0.25, 0.3) is 5.91 Å². The highest BCUT2D eigenvalue weighted by Crippen LogP contribution is 2.22. The molecule has 1 aromatic rings. The summed E-state index contributed by atoms with van der Waals surface area (Å²) in [7, 11) is 4.10. The lowest BCUT2D eigenvalue weighted by Gasteiger charge is -2.32. The molecule has 26 heavy (non-hydrogen) atoms. The lowest BCUT2D eigenvalue weighted by molar-refractivity contribution is 0.0887. The van der Waals surface area contributed by atoms with Crippen LogP contribution in [0.25, 0.3) is 0 Å². The zero-order valence-corrected chi connectivity index (χ0v) is 18.1. The lowest BCUT2D eigenvalue weighted by Crippen LogP contribution is -2.45. The van der Waals surface area contributed by atoms with Crippen molar-refractivity contribution in [2.75, 3.05) is 33.7 Å². The van der Waals surface area contributed by atoms with Crippen LogP contribution in [0.2, 0.25) is 0 Å². The zero-order chi connectivity index (χ0) is 17.7. The van der Waals surface area contributed by atoms with Gasteiger partial charge < -0.3 is 15.5 Å². The molecule has 1 unspecified atom stereocenters. The quantitative estimate of drug-likeness (QED) is 0.753. The number of halogens is 2. The monoisotopic (exact) mass is 408 g/mol. The third kappa shape index (κ3) is 7.39. The molecule has 152 valence electrons. The average molecular weight is 409 g/mol. The van der Waals surface area contributed by atoms with Crippen LogP contribution in [0, 0.1) is 5.41 Å². The van der Waals surface area contributed by atoms with E-state index < -0.39 is 0 Å². The molecule has 2 N–H and O–H groups in total. The first-order valence-corrected chi connectivity index (χ1v) is 8.85. The predicted molar refractivity (Wildman–Crippen MR) is 110 cm³/mol. The molecule has 1 fully saturated rings. The molecule has 1 aromatic heterocycles. The van der Waals surface area contributed by atoms with E-state index in [1.54, 1.807) is 6.20 Å². The van der Waals surface area contributed by atoms with Gasteiger partial charge in [0.2, 0.25) is 0 Å². The molecule has 9 heteroatoms. The van der Waals surface area contributed by atoms with Gasteiger partial charge in [0.1, 0.15) is 0 Å². The van der Waals surface area contributed by atoms with Crippen LogP contribution in [0.1, 0.15) is 56.6 Å². The molecule has 0 bridgehead atoms. The number of carbonyl (C=O) groups excluding carboxylic acids is 1. The third-order valence-electron chi connectivity index (χ3n) is 4.64. The van der Waals surface area contributed by atoms with Crippen LogP contribution >= 0.6 is 24.8 Å². The summed E-state index contributed by atoms with van der Waals surface area (Å²) in [6.07, 6.45) is 4.75. The number of carbonyl (C=O) groups is 1. The van der Waals surface area contributed by atoms with Crippen molar-refractivity contribution in [2.24, 2.45) is 5.41 Å². The topological polar surface area (TPSA) is 75.1 Å². The SMILES string of the molecule is CN(C)CCC(NC(=O)c1cn(C2CCNCC2)nn1)C(C)(C)C.Cl.Cl. The first kappa shape index (κ1) is 25.1. The van der Waals surface area contributed by atoms with Crippen molar-refractivity contribution >= 4 is 30.7 Å². The molecular formula is C17H34Cl2N6O. The number of aromatic nitrogens is 3. The maximum absolute atomic E-state index is 12.6. The Kier molecular flexibility index (Phi) is 10.7. The van der Waals surface area contributed by atoms with Gasteiger partial charge in [-0.2, -0.15) is 0 Å². The highest BCUT2D eigenvalue weighted by molar-refractivity contribution is 5.92. The molecule has 1 saturated heterocycles. The first-order chi connectivity index (χ1) is 11.3. The highest BCUT2D eigenvalue weighted by Gasteiger charge is 2.27. The van der Waals surface area contributed by atoms with E-state index in [1.165, 1.54) is 0 Å². The summed E-state index contributed by atoms with van der Waals surface area (Å²) in [5.41, 5.74) is 0.407. The van der Waals surface area contributed by atoms with Crippen molar-refractivity contribution in [1.82, 2.24) is 30.5 Å².